The van der Waals surface area contributed by atoms with Crippen LogP contribution in [0.2, 0.25) is 0 Å². The molecular formula is C24H41N3O3. The molecule has 0 spiro atoms. The lowest BCUT2D eigenvalue weighted by Gasteiger charge is -2.38. The first kappa shape index (κ1) is 26.1. The van der Waals surface area contributed by atoms with Crippen molar-refractivity contribution in [2.24, 2.45) is 0 Å². The molecule has 30 heavy (non-hydrogen) atoms. The standard InChI is InChI=1S/C17H25N3O.C5H10O2.C2H6/c1-14-11-19(2)9-10-20(14)12-15-3-5-16(6-4-15)17(7-8-17)18-13-21;1-5(2,3)7-4-6;1-2/h3-6,13-14H,7-12H2,1-2H3,(H,18,21);4H,1-3H3;1-2H3. The van der Waals surface area contributed by atoms with Crippen LogP contribution < -0.4 is 5.32 Å². The molecule has 1 atom stereocenters. The van der Waals surface area contributed by atoms with Crippen molar-refractivity contribution in [1.82, 2.24) is 15.1 Å². The molecule has 1 aromatic rings. The summed E-state index contributed by atoms with van der Waals surface area (Å²) in [5, 5.41) is 2.97. The number of nitrogens with one attached hydrogen (secondary N) is 1. The van der Waals surface area contributed by atoms with Gasteiger partial charge in [0.05, 0.1) is 5.54 Å². The van der Waals surface area contributed by atoms with E-state index < -0.39 is 0 Å². The van der Waals surface area contributed by atoms with Gasteiger partial charge in [0, 0.05) is 32.2 Å². The lowest BCUT2D eigenvalue weighted by Crippen LogP contribution is -2.49. The van der Waals surface area contributed by atoms with Gasteiger partial charge in [-0.25, -0.2) is 0 Å². The molecule has 0 radical (unpaired) electrons. The van der Waals surface area contributed by atoms with Crippen LogP contribution in [0.3, 0.4) is 0 Å². The molecule has 0 bridgehead atoms. The van der Waals surface area contributed by atoms with Crippen LogP contribution in [0.25, 0.3) is 0 Å². The molecule has 1 heterocycles. The van der Waals surface area contributed by atoms with Gasteiger partial charge in [-0.3, -0.25) is 14.5 Å². The molecule has 1 N–H and O–H groups in total. The molecule has 1 aliphatic carbocycles. The summed E-state index contributed by atoms with van der Waals surface area (Å²) in [6, 6.07) is 9.40. The zero-order valence-electron chi connectivity index (χ0n) is 19.9. The number of benzene rings is 1. The summed E-state index contributed by atoms with van der Waals surface area (Å²) in [6.07, 6.45) is 2.94. The molecule has 2 fully saturated rings. The van der Waals surface area contributed by atoms with Crippen molar-refractivity contribution in [3.63, 3.8) is 0 Å². The summed E-state index contributed by atoms with van der Waals surface area (Å²) in [4.78, 5) is 25.2. The fourth-order valence-corrected chi connectivity index (χ4v) is 3.47. The second-order valence-corrected chi connectivity index (χ2v) is 8.95. The van der Waals surface area contributed by atoms with Gasteiger partial charge in [0.15, 0.2) is 0 Å². The Morgan fingerprint density at radius 2 is 1.73 bits per heavy atom. The highest BCUT2D eigenvalue weighted by Gasteiger charge is 2.43. The summed E-state index contributed by atoms with van der Waals surface area (Å²) in [5.41, 5.74) is 2.21. The van der Waals surface area contributed by atoms with Crippen molar-refractivity contribution in [1.29, 1.82) is 0 Å². The van der Waals surface area contributed by atoms with Crippen molar-refractivity contribution in [3.05, 3.63) is 35.4 Å². The molecule has 1 saturated carbocycles. The van der Waals surface area contributed by atoms with E-state index in [4.69, 9.17) is 0 Å². The predicted molar refractivity (Wildman–Crippen MR) is 122 cm³/mol. The van der Waals surface area contributed by atoms with Crippen molar-refractivity contribution in [2.45, 2.75) is 78.1 Å². The molecule has 1 saturated heterocycles. The first-order valence-electron chi connectivity index (χ1n) is 11.0. The maximum atomic E-state index is 10.7. The number of piperazine rings is 1. The Hall–Kier alpha value is -1.92. The minimum Gasteiger partial charge on any atom is -0.462 e. The van der Waals surface area contributed by atoms with E-state index in [0.29, 0.717) is 12.5 Å². The van der Waals surface area contributed by atoms with Crippen LogP contribution in [-0.2, 0) is 26.4 Å². The van der Waals surface area contributed by atoms with E-state index in [1.165, 1.54) is 11.1 Å². The first-order chi connectivity index (χ1) is 14.2. The second kappa shape index (κ2) is 12.1. The van der Waals surface area contributed by atoms with Crippen molar-refractivity contribution in [3.8, 4) is 0 Å². The van der Waals surface area contributed by atoms with Gasteiger partial charge >= 0.3 is 0 Å². The van der Waals surface area contributed by atoms with Gasteiger partial charge in [-0.2, -0.15) is 0 Å². The van der Waals surface area contributed by atoms with Crippen molar-refractivity contribution >= 4 is 12.9 Å². The molecule has 1 amide bonds. The van der Waals surface area contributed by atoms with Gasteiger partial charge in [-0.15, -0.1) is 0 Å². The highest BCUT2D eigenvalue weighted by atomic mass is 16.5. The van der Waals surface area contributed by atoms with Gasteiger partial charge in [0.2, 0.25) is 6.41 Å². The lowest BCUT2D eigenvalue weighted by atomic mass is 10.0. The monoisotopic (exact) mass is 419 g/mol. The average molecular weight is 420 g/mol. The van der Waals surface area contributed by atoms with Gasteiger partial charge < -0.3 is 15.0 Å². The normalized spacial score (nSPS) is 20.6. The van der Waals surface area contributed by atoms with Crippen LogP contribution in [0.1, 0.15) is 65.5 Å². The molecule has 6 heteroatoms. The first-order valence-corrected chi connectivity index (χ1v) is 11.0. The molecular weight excluding hydrogens is 378 g/mol. The van der Waals surface area contributed by atoms with Crippen LogP contribution >= 0.6 is 0 Å². The summed E-state index contributed by atoms with van der Waals surface area (Å²) in [6.45, 7) is 16.7. The van der Waals surface area contributed by atoms with E-state index in [0.717, 1.165) is 45.4 Å². The zero-order chi connectivity index (χ0) is 22.8. The fourth-order valence-electron chi connectivity index (χ4n) is 3.47. The molecule has 1 unspecified atom stereocenters. The number of hydrogen-bond donors (Lipinski definition) is 1. The maximum absolute atomic E-state index is 10.7. The van der Waals surface area contributed by atoms with Crippen LogP contribution in [0.4, 0.5) is 0 Å². The number of carbonyl (C=O) groups is 2. The second-order valence-electron chi connectivity index (χ2n) is 8.95. The molecule has 0 aromatic heterocycles. The molecule has 1 aliphatic heterocycles. The van der Waals surface area contributed by atoms with Gasteiger partial charge in [-0.1, -0.05) is 38.1 Å². The average Bonchev–Trinajstić information content (AvgIpc) is 3.47. The van der Waals surface area contributed by atoms with Crippen molar-refractivity contribution < 1.29 is 14.3 Å². The van der Waals surface area contributed by atoms with Gasteiger partial charge in [-0.05, 0) is 58.7 Å². The van der Waals surface area contributed by atoms with E-state index in [9.17, 15) is 9.59 Å². The SMILES string of the molecule is CC.CC(C)(C)OC=O.CC1CN(C)CCN1Cc1ccc(C2(NC=O)CC2)cc1. The molecule has 6 nitrogen and oxygen atoms in total. The molecule has 170 valence electrons. The lowest BCUT2D eigenvalue weighted by molar-refractivity contribution is -0.138. The number of carbonyl (C=O) groups excluding carboxylic acids is 2. The third kappa shape index (κ3) is 8.44. The zero-order valence-corrected chi connectivity index (χ0v) is 19.9. The third-order valence-corrected chi connectivity index (χ3v) is 5.35. The quantitative estimate of drug-likeness (QED) is 0.715. The summed E-state index contributed by atoms with van der Waals surface area (Å²) in [5.74, 6) is 0. The number of nitrogens with zero attached hydrogens (tertiary/aromatic N) is 2. The summed E-state index contributed by atoms with van der Waals surface area (Å²) < 4.78 is 4.55. The minimum atomic E-state index is -0.318. The van der Waals surface area contributed by atoms with E-state index >= 15 is 0 Å². The van der Waals surface area contributed by atoms with Crippen LogP contribution in [0.15, 0.2) is 24.3 Å². The van der Waals surface area contributed by atoms with Gasteiger partial charge in [0.1, 0.15) is 5.60 Å². The Kier molecular flexibility index (Phi) is 10.5. The fraction of sp³-hybridized carbons (Fsp3) is 0.667. The third-order valence-electron chi connectivity index (χ3n) is 5.35. The van der Waals surface area contributed by atoms with E-state index in [1.54, 1.807) is 0 Å². The van der Waals surface area contributed by atoms with Gasteiger partial charge in [0.25, 0.3) is 6.47 Å². The number of ether oxygens (including phenoxy) is 1. The molecule has 2 aliphatic rings. The van der Waals surface area contributed by atoms with Crippen LogP contribution in [-0.4, -0.2) is 61.0 Å². The largest absolute Gasteiger partial charge is 0.462 e. The maximum Gasteiger partial charge on any atom is 0.293 e. The summed E-state index contributed by atoms with van der Waals surface area (Å²) >= 11 is 0. The topological polar surface area (TPSA) is 61.9 Å². The molecule has 3 rings (SSSR count). The number of amides is 1. The summed E-state index contributed by atoms with van der Waals surface area (Å²) in [7, 11) is 2.19. The van der Waals surface area contributed by atoms with E-state index in [-0.39, 0.29) is 11.1 Å². The smallest absolute Gasteiger partial charge is 0.293 e. The number of rotatable bonds is 6. The Morgan fingerprint density at radius 3 is 2.13 bits per heavy atom. The highest BCUT2D eigenvalue weighted by Crippen LogP contribution is 2.45. The Balaban J connectivity index is 0.000000428. The molecule has 1 aromatic carbocycles. The van der Waals surface area contributed by atoms with Crippen LogP contribution in [0.5, 0.6) is 0 Å². The predicted octanol–water partition coefficient (Wildman–Crippen LogP) is 3.54. The minimum absolute atomic E-state index is 0.0680. The van der Waals surface area contributed by atoms with E-state index in [2.05, 4.69) is 58.1 Å². The Morgan fingerprint density at radius 1 is 1.13 bits per heavy atom. The van der Waals surface area contributed by atoms with Crippen LogP contribution in [0, 0.1) is 0 Å². The Labute approximate surface area is 183 Å². The Bertz CT molecular complexity index is 636. The highest BCUT2D eigenvalue weighted by molar-refractivity contribution is 5.51. The number of likely N-dealkylation sites (N-methyl/N-ethyl adjacent to an activating group) is 1. The van der Waals surface area contributed by atoms with E-state index in [1.807, 2.05) is 34.6 Å². The number of hydrogen-bond acceptors (Lipinski definition) is 5. The van der Waals surface area contributed by atoms with Crippen molar-refractivity contribution in [2.75, 3.05) is 26.7 Å².